The maximum Gasteiger partial charge on any atom is 0.322 e. The van der Waals surface area contributed by atoms with E-state index in [1.807, 2.05) is 49.4 Å². The maximum atomic E-state index is 12.9. The van der Waals surface area contributed by atoms with Gasteiger partial charge in [-0.05, 0) is 43.2 Å². The van der Waals surface area contributed by atoms with Crippen LogP contribution in [0.5, 0.6) is 5.75 Å². The van der Waals surface area contributed by atoms with Gasteiger partial charge in [0.15, 0.2) is 9.84 Å². The van der Waals surface area contributed by atoms with E-state index in [9.17, 15) is 13.2 Å². The van der Waals surface area contributed by atoms with Crippen LogP contribution in [-0.4, -0.2) is 43.5 Å². The lowest BCUT2D eigenvalue weighted by Crippen LogP contribution is -2.43. The van der Waals surface area contributed by atoms with Gasteiger partial charge in [-0.25, -0.2) is 13.2 Å². The quantitative estimate of drug-likeness (QED) is 0.824. The third kappa shape index (κ3) is 5.23. The van der Waals surface area contributed by atoms with E-state index in [1.165, 1.54) is 0 Å². The second-order valence-electron chi connectivity index (χ2n) is 6.56. The fourth-order valence-corrected chi connectivity index (χ4v) is 4.89. The number of carbonyl (C=O) groups excluding carboxylic acids is 1. The van der Waals surface area contributed by atoms with Crippen LogP contribution in [0.4, 0.5) is 10.5 Å². The number of nitrogens with zero attached hydrogens (tertiary/aromatic N) is 1. The fourth-order valence-electron chi connectivity index (χ4n) is 3.16. The number of para-hydroxylation sites is 1. The predicted molar refractivity (Wildman–Crippen MR) is 106 cm³/mol. The summed E-state index contributed by atoms with van der Waals surface area (Å²) in [6.07, 6.45) is 0.460. The van der Waals surface area contributed by atoms with Gasteiger partial charge in [-0.3, -0.25) is 0 Å². The Bertz CT molecular complexity index is 867. The largest absolute Gasteiger partial charge is 0.494 e. The van der Waals surface area contributed by atoms with Crippen molar-refractivity contribution in [1.82, 2.24) is 4.90 Å². The molecule has 144 valence electrons. The van der Waals surface area contributed by atoms with E-state index < -0.39 is 9.84 Å². The Kier molecular flexibility index (Phi) is 6.01. The first-order valence-electron chi connectivity index (χ1n) is 9.01. The molecule has 2 aromatic carbocycles. The van der Waals surface area contributed by atoms with E-state index in [1.54, 1.807) is 17.0 Å². The van der Waals surface area contributed by atoms with Gasteiger partial charge in [0.05, 0.1) is 18.1 Å². The van der Waals surface area contributed by atoms with Gasteiger partial charge < -0.3 is 15.0 Å². The number of anilines is 1. The molecule has 1 unspecified atom stereocenters. The minimum Gasteiger partial charge on any atom is -0.494 e. The molecular formula is C20H24N2O4S. The van der Waals surface area contributed by atoms with Gasteiger partial charge in [0.2, 0.25) is 0 Å². The van der Waals surface area contributed by atoms with E-state index >= 15 is 0 Å². The van der Waals surface area contributed by atoms with Crippen LogP contribution < -0.4 is 10.1 Å². The number of carbonyl (C=O) groups is 1. The van der Waals surface area contributed by atoms with Crippen molar-refractivity contribution < 1.29 is 17.9 Å². The minimum absolute atomic E-state index is 0.00619. The number of benzene rings is 2. The summed E-state index contributed by atoms with van der Waals surface area (Å²) in [5.41, 5.74) is 1.60. The summed E-state index contributed by atoms with van der Waals surface area (Å²) in [6, 6.07) is 16.1. The van der Waals surface area contributed by atoms with Gasteiger partial charge in [0.25, 0.3) is 0 Å². The number of hydrogen-bond donors (Lipinski definition) is 1. The average molecular weight is 388 g/mol. The molecule has 27 heavy (non-hydrogen) atoms. The Balaban J connectivity index is 1.78. The highest BCUT2D eigenvalue weighted by atomic mass is 32.2. The van der Waals surface area contributed by atoms with Crippen molar-refractivity contribution >= 4 is 21.6 Å². The highest BCUT2D eigenvalue weighted by molar-refractivity contribution is 7.91. The van der Waals surface area contributed by atoms with Crippen LogP contribution >= 0.6 is 0 Å². The van der Waals surface area contributed by atoms with Gasteiger partial charge in [0.1, 0.15) is 5.75 Å². The number of ether oxygens (including phenoxy) is 1. The molecule has 0 radical (unpaired) electrons. The lowest BCUT2D eigenvalue weighted by atomic mass is 10.1. The molecule has 7 heteroatoms. The first kappa shape index (κ1) is 19.2. The SMILES string of the molecule is CCOc1ccc(CN(C(=O)Nc2ccccc2)C2CCS(=O)(=O)C2)cc1. The van der Waals surface area contributed by atoms with E-state index in [4.69, 9.17) is 4.74 Å². The Hall–Kier alpha value is -2.54. The monoisotopic (exact) mass is 388 g/mol. The Morgan fingerprint density at radius 2 is 1.85 bits per heavy atom. The van der Waals surface area contributed by atoms with E-state index in [0.717, 1.165) is 11.3 Å². The number of hydrogen-bond acceptors (Lipinski definition) is 4. The van der Waals surface area contributed by atoms with Crippen LogP contribution in [0.1, 0.15) is 18.9 Å². The summed E-state index contributed by atoms with van der Waals surface area (Å²) in [4.78, 5) is 14.5. The van der Waals surface area contributed by atoms with Crippen LogP contribution in [0.25, 0.3) is 0 Å². The second-order valence-corrected chi connectivity index (χ2v) is 8.79. The summed E-state index contributed by atoms with van der Waals surface area (Å²) in [6.45, 7) is 2.85. The molecule has 1 heterocycles. The molecule has 1 atom stereocenters. The molecule has 3 rings (SSSR count). The summed E-state index contributed by atoms with van der Waals surface area (Å²) in [5.74, 6) is 0.896. The molecule has 0 saturated carbocycles. The minimum atomic E-state index is -3.09. The number of nitrogens with one attached hydrogen (secondary N) is 1. The van der Waals surface area contributed by atoms with Crippen LogP contribution in [0, 0.1) is 0 Å². The lowest BCUT2D eigenvalue weighted by Gasteiger charge is -2.28. The maximum absolute atomic E-state index is 12.9. The Morgan fingerprint density at radius 1 is 1.15 bits per heavy atom. The van der Waals surface area contributed by atoms with Gasteiger partial charge in [-0.1, -0.05) is 30.3 Å². The van der Waals surface area contributed by atoms with Crippen LogP contribution in [0.2, 0.25) is 0 Å². The van der Waals surface area contributed by atoms with E-state index in [2.05, 4.69) is 5.32 Å². The van der Waals surface area contributed by atoms with Gasteiger partial charge >= 0.3 is 6.03 Å². The summed E-state index contributed by atoms with van der Waals surface area (Å²) in [7, 11) is -3.09. The zero-order valence-corrected chi connectivity index (χ0v) is 16.1. The number of amides is 2. The highest BCUT2D eigenvalue weighted by Crippen LogP contribution is 2.22. The van der Waals surface area contributed by atoms with Crippen molar-refractivity contribution in [2.45, 2.75) is 25.9 Å². The number of sulfone groups is 1. The number of urea groups is 1. The van der Waals surface area contributed by atoms with Gasteiger partial charge in [-0.15, -0.1) is 0 Å². The summed E-state index contributed by atoms with van der Waals surface area (Å²) in [5, 5.41) is 2.87. The van der Waals surface area contributed by atoms with E-state index in [-0.39, 0.29) is 23.6 Å². The molecule has 1 saturated heterocycles. The van der Waals surface area contributed by atoms with Crippen LogP contribution in [0.3, 0.4) is 0 Å². The van der Waals surface area contributed by atoms with Crippen molar-refractivity contribution in [1.29, 1.82) is 0 Å². The summed E-state index contributed by atoms with van der Waals surface area (Å²) >= 11 is 0. The molecule has 0 spiro atoms. The smallest absolute Gasteiger partial charge is 0.322 e. The van der Waals surface area contributed by atoms with E-state index in [0.29, 0.717) is 25.3 Å². The molecule has 1 N–H and O–H groups in total. The molecule has 6 nitrogen and oxygen atoms in total. The number of rotatable bonds is 6. The molecule has 2 amide bonds. The highest BCUT2D eigenvalue weighted by Gasteiger charge is 2.34. The summed E-state index contributed by atoms with van der Waals surface area (Å²) < 4.78 is 29.3. The third-order valence-corrected chi connectivity index (χ3v) is 6.27. The molecule has 1 aliphatic heterocycles. The molecule has 2 aromatic rings. The lowest BCUT2D eigenvalue weighted by molar-refractivity contribution is 0.190. The van der Waals surface area contributed by atoms with Crippen molar-refractivity contribution in [2.24, 2.45) is 0 Å². The van der Waals surface area contributed by atoms with Crippen molar-refractivity contribution in [3.8, 4) is 5.75 Å². The van der Waals surface area contributed by atoms with Crippen molar-refractivity contribution in [3.63, 3.8) is 0 Å². The third-order valence-electron chi connectivity index (χ3n) is 4.52. The Morgan fingerprint density at radius 3 is 2.44 bits per heavy atom. The van der Waals surface area contributed by atoms with Crippen molar-refractivity contribution in [3.05, 3.63) is 60.2 Å². The Labute approximate surface area is 160 Å². The predicted octanol–water partition coefficient (Wildman–Crippen LogP) is 3.31. The second kappa shape index (κ2) is 8.43. The molecule has 1 fully saturated rings. The van der Waals surface area contributed by atoms with Crippen LogP contribution in [-0.2, 0) is 16.4 Å². The zero-order chi connectivity index (χ0) is 19.3. The van der Waals surface area contributed by atoms with Crippen LogP contribution in [0.15, 0.2) is 54.6 Å². The van der Waals surface area contributed by atoms with Gasteiger partial charge in [-0.2, -0.15) is 0 Å². The topological polar surface area (TPSA) is 75.7 Å². The molecule has 0 bridgehead atoms. The molecule has 0 aliphatic carbocycles. The molecular weight excluding hydrogens is 364 g/mol. The first-order valence-corrected chi connectivity index (χ1v) is 10.8. The average Bonchev–Trinajstić information content (AvgIpc) is 3.01. The molecule has 1 aliphatic rings. The standard InChI is InChI=1S/C20H24N2O4S/c1-2-26-19-10-8-16(9-11-19)14-22(18-12-13-27(24,25)15-18)20(23)21-17-6-4-3-5-7-17/h3-11,18H,2,12-15H2,1H3,(H,21,23). The van der Waals surface area contributed by atoms with Gasteiger partial charge in [0, 0.05) is 18.3 Å². The fraction of sp³-hybridized carbons (Fsp3) is 0.350. The first-order chi connectivity index (χ1) is 13.0. The normalized spacial score (nSPS) is 18.0. The zero-order valence-electron chi connectivity index (χ0n) is 15.3. The van der Waals surface area contributed by atoms with Crippen molar-refractivity contribution in [2.75, 3.05) is 23.4 Å². The molecule has 0 aromatic heterocycles.